The number of para-hydroxylation sites is 1. The van der Waals surface area contributed by atoms with Crippen molar-refractivity contribution in [3.63, 3.8) is 0 Å². The number of likely N-dealkylation sites (N-methyl/N-ethyl adjacent to an activating group) is 1. The Labute approximate surface area is 195 Å². The minimum atomic E-state index is 0.000150. The molecule has 33 heavy (non-hydrogen) atoms. The molecule has 1 aromatic carbocycles. The topological polar surface area (TPSA) is 60.9 Å². The third-order valence-electron chi connectivity index (χ3n) is 7.85. The molecule has 1 aromatic heterocycles. The predicted molar refractivity (Wildman–Crippen MR) is 128 cm³/mol. The number of urea groups is 1. The quantitative estimate of drug-likeness (QED) is 0.782. The molecule has 0 spiro atoms. The molecule has 2 bridgehead atoms. The van der Waals surface area contributed by atoms with Crippen molar-refractivity contribution in [1.82, 2.24) is 20.1 Å². The number of nitrogens with zero attached hydrogens (tertiary/aromatic N) is 4. The summed E-state index contributed by atoms with van der Waals surface area (Å²) in [5.41, 5.74) is 3.40. The number of hydrogen-bond donors (Lipinski definition) is 1. The summed E-state index contributed by atoms with van der Waals surface area (Å²) in [6, 6.07) is 13.6. The molecule has 5 heterocycles. The van der Waals surface area contributed by atoms with E-state index in [2.05, 4.69) is 34.2 Å². The average molecular weight is 448 g/mol. The van der Waals surface area contributed by atoms with E-state index in [1.54, 1.807) is 0 Å². The van der Waals surface area contributed by atoms with Crippen LogP contribution >= 0.6 is 0 Å². The van der Waals surface area contributed by atoms with Crippen molar-refractivity contribution in [3.05, 3.63) is 53.2 Å². The second-order valence-corrected chi connectivity index (χ2v) is 9.77. The Balaban J connectivity index is 1.14. The SMILES string of the molecule is CCN1CC2CCC(C1)N2c1ccc2c(n1)CCN(C(=O)N[C@@H]1CCOc3ccccc31)C2. The van der Waals surface area contributed by atoms with Gasteiger partial charge in [-0.15, -0.1) is 0 Å². The maximum absolute atomic E-state index is 13.1. The summed E-state index contributed by atoms with van der Waals surface area (Å²) in [6.07, 6.45) is 4.14. The van der Waals surface area contributed by atoms with Gasteiger partial charge in [-0.1, -0.05) is 31.2 Å². The molecule has 2 aromatic rings. The van der Waals surface area contributed by atoms with Crippen LogP contribution in [0.15, 0.2) is 36.4 Å². The monoisotopic (exact) mass is 447 g/mol. The van der Waals surface area contributed by atoms with Crippen molar-refractivity contribution in [3.8, 4) is 5.75 Å². The number of nitrogens with one attached hydrogen (secondary N) is 1. The van der Waals surface area contributed by atoms with Gasteiger partial charge in [-0.25, -0.2) is 9.78 Å². The first-order valence-electron chi connectivity index (χ1n) is 12.5. The van der Waals surface area contributed by atoms with Gasteiger partial charge < -0.3 is 19.9 Å². The maximum Gasteiger partial charge on any atom is 0.318 e. The molecular weight excluding hydrogens is 414 g/mol. The van der Waals surface area contributed by atoms with Gasteiger partial charge >= 0.3 is 6.03 Å². The lowest BCUT2D eigenvalue weighted by Gasteiger charge is -2.42. The second kappa shape index (κ2) is 8.52. The summed E-state index contributed by atoms with van der Waals surface area (Å²) in [5, 5.41) is 3.24. The molecule has 0 radical (unpaired) electrons. The summed E-state index contributed by atoms with van der Waals surface area (Å²) in [7, 11) is 0. The van der Waals surface area contributed by atoms with Gasteiger partial charge in [0, 0.05) is 62.4 Å². The maximum atomic E-state index is 13.1. The van der Waals surface area contributed by atoms with Gasteiger partial charge in [-0.2, -0.15) is 0 Å². The standard InChI is InChI=1S/C26H33N5O2/c1-2-29-16-19-8-9-20(17-29)31(19)25-10-7-18-15-30(13-11-22(18)27-25)26(32)28-23-12-14-33-24-6-4-3-5-21(23)24/h3-7,10,19-20,23H,2,8-9,11-17H2,1H3,(H,28,32)/t19?,20?,23-/m1/s1. The minimum Gasteiger partial charge on any atom is -0.493 e. The number of aromatic nitrogens is 1. The highest BCUT2D eigenvalue weighted by Crippen LogP contribution is 2.35. The summed E-state index contributed by atoms with van der Waals surface area (Å²) in [5.74, 6) is 2.01. The molecule has 6 rings (SSSR count). The van der Waals surface area contributed by atoms with Crippen LogP contribution in [0, 0.1) is 0 Å². The van der Waals surface area contributed by atoms with Gasteiger partial charge in [0.25, 0.3) is 0 Å². The lowest BCUT2D eigenvalue weighted by Crippen LogP contribution is -2.54. The fourth-order valence-electron chi connectivity index (χ4n) is 6.08. The number of carbonyl (C=O) groups excluding carboxylic acids is 1. The highest BCUT2D eigenvalue weighted by Gasteiger charge is 2.40. The molecule has 3 atom stereocenters. The second-order valence-electron chi connectivity index (χ2n) is 9.77. The van der Waals surface area contributed by atoms with Gasteiger partial charge in [0.05, 0.1) is 12.6 Å². The summed E-state index contributed by atoms with van der Waals surface area (Å²) in [6.45, 7) is 7.65. The van der Waals surface area contributed by atoms with Crippen LogP contribution in [0.1, 0.15) is 49.0 Å². The Bertz CT molecular complexity index is 1030. The Hall–Kier alpha value is -2.80. The van der Waals surface area contributed by atoms with E-state index in [4.69, 9.17) is 9.72 Å². The van der Waals surface area contributed by atoms with Crippen molar-refractivity contribution in [2.45, 2.75) is 57.3 Å². The molecule has 0 aliphatic carbocycles. The molecule has 2 fully saturated rings. The number of benzene rings is 1. The van der Waals surface area contributed by atoms with E-state index in [0.717, 1.165) is 55.3 Å². The zero-order valence-electron chi connectivity index (χ0n) is 19.4. The van der Waals surface area contributed by atoms with Gasteiger partial charge in [0.1, 0.15) is 11.6 Å². The molecular formula is C26H33N5O2. The first kappa shape index (κ1) is 20.8. The highest BCUT2D eigenvalue weighted by molar-refractivity contribution is 5.75. The minimum absolute atomic E-state index is 0.000150. The third-order valence-corrected chi connectivity index (χ3v) is 7.85. The van der Waals surface area contributed by atoms with Crippen LogP contribution in [-0.4, -0.2) is 65.7 Å². The van der Waals surface area contributed by atoms with E-state index in [1.165, 1.54) is 18.4 Å². The Kier molecular flexibility index (Phi) is 5.37. The summed E-state index contributed by atoms with van der Waals surface area (Å²) >= 11 is 0. The summed E-state index contributed by atoms with van der Waals surface area (Å²) < 4.78 is 5.74. The average Bonchev–Trinajstić information content (AvgIpc) is 3.12. The largest absolute Gasteiger partial charge is 0.493 e. The van der Waals surface area contributed by atoms with Crippen molar-refractivity contribution in [2.24, 2.45) is 0 Å². The normalized spacial score (nSPS) is 26.4. The number of anilines is 1. The molecule has 174 valence electrons. The van der Waals surface area contributed by atoms with Crippen molar-refractivity contribution in [1.29, 1.82) is 0 Å². The van der Waals surface area contributed by atoms with Crippen molar-refractivity contribution in [2.75, 3.05) is 37.7 Å². The predicted octanol–water partition coefficient (Wildman–Crippen LogP) is 3.35. The number of rotatable bonds is 3. The third kappa shape index (κ3) is 3.82. The van der Waals surface area contributed by atoms with E-state index in [-0.39, 0.29) is 12.1 Å². The first-order chi connectivity index (χ1) is 16.2. The molecule has 2 unspecified atom stereocenters. The Morgan fingerprint density at radius 3 is 2.76 bits per heavy atom. The van der Waals surface area contributed by atoms with Gasteiger partial charge in [0.15, 0.2) is 0 Å². The molecule has 7 nitrogen and oxygen atoms in total. The van der Waals surface area contributed by atoms with E-state index in [9.17, 15) is 4.79 Å². The molecule has 1 N–H and O–H groups in total. The number of carbonyl (C=O) groups is 1. The fourth-order valence-corrected chi connectivity index (χ4v) is 6.08. The molecule has 4 aliphatic rings. The lowest BCUT2D eigenvalue weighted by atomic mass is 10.0. The zero-order valence-corrected chi connectivity index (χ0v) is 19.4. The van der Waals surface area contributed by atoms with Gasteiger partial charge in [-0.3, -0.25) is 4.90 Å². The van der Waals surface area contributed by atoms with Crippen LogP contribution in [0.2, 0.25) is 0 Å². The number of amides is 2. The van der Waals surface area contributed by atoms with Crippen LogP contribution in [0.5, 0.6) is 5.75 Å². The molecule has 2 amide bonds. The molecule has 7 heteroatoms. The molecule has 4 aliphatic heterocycles. The van der Waals surface area contributed by atoms with Crippen LogP contribution in [0.4, 0.5) is 10.6 Å². The zero-order chi connectivity index (χ0) is 22.4. The lowest BCUT2D eigenvalue weighted by molar-refractivity contribution is 0.181. The van der Waals surface area contributed by atoms with Crippen LogP contribution < -0.4 is 15.0 Å². The van der Waals surface area contributed by atoms with Crippen LogP contribution in [0.3, 0.4) is 0 Å². The van der Waals surface area contributed by atoms with E-state index < -0.39 is 0 Å². The Morgan fingerprint density at radius 1 is 1.12 bits per heavy atom. The van der Waals surface area contributed by atoms with E-state index >= 15 is 0 Å². The van der Waals surface area contributed by atoms with Gasteiger partial charge in [0.2, 0.25) is 0 Å². The number of likely N-dealkylation sites (tertiary alicyclic amines) is 1. The number of piperazine rings is 1. The van der Waals surface area contributed by atoms with E-state index in [0.29, 0.717) is 31.8 Å². The van der Waals surface area contributed by atoms with Crippen LogP contribution in [-0.2, 0) is 13.0 Å². The Morgan fingerprint density at radius 2 is 1.94 bits per heavy atom. The molecule has 2 saturated heterocycles. The highest BCUT2D eigenvalue weighted by atomic mass is 16.5. The van der Waals surface area contributed by atoms with Crippen molar-refractivity contribution >= 4 is 11.8 Å². The number of hydrogen-bond acceptors (Lipinski definition) is 5. The fraction of sp³-hybridized carbons (Fsp3) is 0.538. The van der Waals surface area contributed by atoms with Crippen LogP contribution in [0.25, 0.3) is 0 Å². The van der Waals surface area contributed by atoms with Crippen molar-refractivity contribution < 1.29 is 9.53 Å². The smallest absolute Gasteiger partial charge is 0.318 e. The number of pyridine rings is 1. The number of ether oxygens (including phenoxy) is 1. The summed E-state index contributed by atoms with van der Waals surface area (Å²) in [4.78, 5) is 25.3. The first-order valence-corrected chi connectivity index (χ1v) is 12.5. The van der Waals surface area contributed by atoms with Gasteiger partial charge in [-0.05, 0) is 37.1 Å². The number of fused-ring (bicyclic) bond motifs is 4. The van der Waals surface area contributed by atoms with E-state index in [1.807, 2.05) is 29.2 Å². The molecule has 0 saturated carbocycles.